The molecule has 0 aliphatic rings. The first-order chi connectivity index (χ1) is 9.42. The molecular weight excluding hydrogens is 256 g/mol. The summed E-state index contributed by atoms with van der Waals surface area (Å²) in [6.45, 7) is 8.06. The highest BCUT2D eigenvalue weighted by molar-refractivity contribution is 5.95. The number of benzene rings is 1. The van der Waals surface area contributed by atoms with Crippen molar-refractivity contribution in [1.29, 1.82) is 0 Å². The average Bonchev–Trinajstić information content (AvgIpc) is 2.46. The molecule has 0 aliphatic heterocycles. The van der Waals surface area contributed by atoms with Crippen molar-refractivity contribution in [1.82, 2.24) is 4.90 Å². The number of rotatable bonds is 6. The lowest BCUT2D eigenvalue weighted by Crippen LogP contribution is -2.44. The van der Waals surface area contributed by atoms with Crippen molar-refractivity contribution in [2.75, 3.05) is 0 Å². The van der Waals surface area contributed by atoms with Gasteiger partial charge >= 0.3 is 0 Å². The highest BCUT2D eigenvalue weighted by Crippen LogP contribution is 2.19. The van der Waals surface area contributed by atoms with E-state index in [9.17, 15) is 14.9 Å². The number of nitro groups is 1. The van der Waals surface area contributed by atoms with Crippen LogP contribution >= 0.6 is 0 Å². The van der Waals surface area contributed by atoms with Gasteiger partial charge in [0.05, 0.1) is 4.92 Å². The van der Waals surface area contributed by atoms with Crippen LogP contribution in [0.2, 0.25) is 0 Å². The highest BCUT2D eigenvalue weighted by atomic mass is 16.6. The summed E-state index contributed by atoms with van der Waals surface area (Å²) in [6.07, 6.45) is 1.70. The van der Waals surface area contributed by atoms with Crippen molar-refractivity contribution in [3.05, 3.63) is 39.9 Å². The lowest BCUT2D eigenvalue weighted by atomic mass is 10.1. The summed E-state index contributed by atoms with van der Waals surface area (Å²) in [7, 11) is 0. The van der Waals surface area contributed by atoms with Crippen molar-refractivity contribution >= 4 is 11.6 Å². The molecule has 0 aromatic heterocycles. The van der Waals surface area contributed by atoms with Gasteiger partial charge in [0, 0.05) is 29.8 Å². The Morgan fingerprint density at radius 2 is 1.80 bits per heavy atom. The minimum atomic E-state index is -0.479. The number of hydrogen-bond acceptors (Lipinski definition) is 3. The van der Waals surface area contributed by atoms with Crippen LogP contribution in [0, 0.1) is 10.1 Å². The van der Waals surface area contributed by atoms with Crippen molar-refractivity contribution in [2.24, 2.45) is 0 Å². The molecule has 1 aromatic rings. The van der Waals surface area contributed by atoms with Crippen molar-refractivity contribution in [3.63, 3.8) is 0 Å². The first-order valence-corrected chi connectivity index (χ1v) is 6.99. The minimum absolute atomic E-state index is 0.0518. The van der Waals surface area contributed by atoms with Gasteiger partial charge in [0.25, 0.3) is 11.6 Å². The maximum absolute atomic E-state index is 12.6. The van der Waals surface area contributed by atoms with Gasteiger partial charge in [-0.2, -0.15) is 0 Å². The fourth-order valence-electron chi connectivity index (χ4n) is 2.13. The molecule has 0 unspecified atom stereocenters. The van der Waals surface area contributed by atoms with Gasteiger partial charge in [-0.25, -0.2) is 0 Å². The highest BCUT2D eigenvalue weighted by Gasteiger charge is 2.25. The second-order valence-electron chi connectivity index (χ2n) is 5.03. The fraction of sp³-hybridized carbons (Fsp3) is 0.533. The molecule has 0 saturated heterocycles. The Morgan fingerprint density at radius 3 is 2.25 bits per heavy atom. The summed E-state index contributed by atoms with van der Waals surface area (Å²) in [5.41, 5.74) is 0.323. The number of nitro benzene ring substituents is 1. The predicted molar refractivity (Wildman–Crippen MR) is 78.8 cm³/mol. The van der Waals surface area contributed by atoms with Crippen LogP contribution in [0.5, 0.6) is 0 Å². The van der Waals surface area contributed by atoms with E-state index >= 15 is 0 Å². The van der Waals surface area contributed by atoms with Gasteiger partial charge in [0.2, 0.25) is 0 Å². The molecule has 2 atom stereocenters. The Kier molecular flexibility index (Phi) is 5.67. The molecule has 1 rings (SSSR count). The number of non-ortho nitro benzene ring substituents is 1. The summed E-state index contributed by atoms with van der Waals surface area (Å²) in [5.74, 6) is -0.141. The van der Waals surface area contributed by atoms with E-state index in [0.29, 0.717) is 5.56 Å². The Hall–Kier alpha value is -1.91. The third-order valence-corrected chi connectivity index (χ3v) is 3.67. The summed E-state index contributed by atoms with van der Waals surface area (Å²) < 4.78 is 0. The smallest absolute Gasteiger partial charge is 0.270 e. The molecule has 1 aromatic carbocycles. The van der Waals surface area contributed by atoms with E-state index in [2.05, 4.69) is 0 Å². The molecule has 1 amide bonds. The van der Waals surface area contributed by atoms with E-state index in [-0.39, 0.29) is 23.7 Å². The number of amides is 1. The van der Waals surface area contributed by atoms with E-state index in [1.165, 1.54) is 12.1 Å². The molecule has 110 valence electrons. The monoisotopic (exact) mass is 278 g/mol. The van der Waals surface area contributed by atoms with Gasteiger partial charge in [0.1, 0.15) is 0 Å². The zero-order valence-corrected chi connectivity index (χ0v) is 12.5. The topological polar surface area (TPSA) is 63.5 Å². The van der Waals surface area contributed by atoms with Crippen LogP contribution in [0.4, 0.5) is 5.69 Å². The lowest BCUT2D eigenvalue weighted by molar-refractivity contribution is -0.384. The molecule has 5 heteroatoms. The number of nitrogens with zero attached hydrogens (tertiary/aromatic N) is 2. The van der Waals surface area contributed by atoms with Gasteiger partial charge < -0.3 is 4.90 Å². The summed E-state index contributed by atoms with van der Waals surface area (Å²) >= 11 is 0. The van der Waals surface area contributed by atoms with E-state index in [4.69, 9.17) is 0 Å². The van der Waals surface area contributed by atoms with Gasteiger partial charge in [-0.3, -0.25) is 14.9 Å². The summed E-state index contributed by atoms with van der Waals surface area (Å²) in [4.78, 5) is 24.8. The standard InChI is InChI=1S/C15H22N2O3/c1-5-11(3)16(12(4)6-2)15(18)13-8-7-9-14(10-13)17(19)20/h7-12H,5-6H2,1-4H3/t11-,12+. The summed E-state index contributed by atoms with van der Waals surface area (Å²) in [6, 6.07) is 6.14. The Bertz CT molecular complexity index is 478. The van der Waals surface area contributed by atoms with E-state index < -0.39 is 4.92 Å². The normalized spacial score (nSPS) is 13.6. The van der Waals surface area contributed by atoms with Crippen LogP contribution in [-0.4, -0.2) is 27.8 Å². The molecule has 0 bridgehead atoms. The van der Waals surface area contributed by atoms with Gasteiger partial charge in [-0.05, 0) is 32.8 Å². The van der Waals surface area contributed by atoms with Crippen LogP contribution < -0.4 is 0 Å². The van der Waals surface area contributed by atoms with Crippen LogP contribution in [0.3, 0.4) is 0 Å². The SMILES string of the molecule is CC[C@@H](C)N(C(=O)c1cccc([N+](=O)[O-])c1)[C@@H](C)CC. The molecule has 0 radical (unpaired) electrons. The van der Waals surface area contributed by atoms with Gasteiger partial charge in [-0.1, -0.05) is 19.9 Å². The first kappa shape index (κ1) is 16.1. The number of hydrogen-bond donors (Lipinski definition) is 0. The zero-order valence-electron chi connectivity index (χ0n) is 12.5. The lowest BCUT2D eigenvalue weighted by Gasteiger charge is -2.34. The molecule has 0 spiro atoms. The Balaban J connectivity index is 3.12. The van der Waals surface area contributed by atoms with Crippen molar-refractivity contribution < 1.29 is 9.72 Å². The second-order valence-corrected chi connectivity index (χ2v) is 5.03. The van der Waals surface area contributed by atoms with E-state index in [0.717, 1.165) is 12.8 Å². The Labute approximate surface area is 119 Å². The Morgan fingerprint density at radius 1 is 1.25 bits per heavy atom. The third kappa shape index (κ3) is 3.56. The maximum atomic E-state index is 12.6. The predicted octanol–water partition coefficient (Wildman–Crippen LogP) is 3.63. The molecule has 0 fully saturated rings. The second kappa shape index (κ2) is 7.03. The van der Waals surface area contributed by atoms with Crippen LogP contribution in [0.1, 0.15) is 50.9 Å². The molecule has 0 aliphatic carbocycles. The van der Waals surface area contributed by atoms with Gasteiger partial charge in [0.15, 0.2) is 0 Å². The van der Waals surface area contributed by atoms with Crippen LogP contribution in [0.25, 0.3) is 0 Å². The van der Waals surface area contributed by atoms with E-state index in [1.54, 1.807) is 12.1 Å². The number of carbonyl (C=O) groups excluding carboxylic acids is 1. The van der Waals surface area contributed by atoms with E-state index in [1.807, 2.05) is 32.6 Å². The van der Waals surface area contributed by atoms with Crippen molar-refractivity contribution in [3.8, 4) is 0 Å². The average molecular weight is 278 g/mol. The largest absolute Gasteiger partial charge is 0.333 e. The maximum Gasteiger partial charge on any atom is 0.270 e. The molecule has 0 heterocycles. The molecule has 0 N–H and O–H groups in total. The molecule has 5 nitrogen and oxygen atoms in total. The van der Waals surface area contributed by atoms with Crippen molar-refractivity contribution in [2.45, 2.75) is 52.6 Å². The third-order valence-electron chi connectivity index (χ3n) is 3.67. The zero-order chi connectivity index (χ0) is 15.3. The quantitative estimate of drug-likeness (QED) is 0.589. The van der Waals surface area contributed by atoms with Crippen LogP contribution in [0.15, 0.2) is 24.3 Å². The van der Waals surface area contributed by atoms with Gasteiger partial charge in [-0.15, -0.1) is 0 Å². The first-order valence-electron chi connectivity index (χ1n) is 6.99. The summed E-state index contributed by atoms with van der Waals surface area (Å²) in [5, 5.41) is 10.8. The minimum Gasteiger partial charge on any atom is -0.333 e. The fourth-order valence-corrected chi connectivity index (χ4v) is 2.13. The molecule has 20 heavy (non-hydrogen) atoms. The van der Waals surface area contributed by atoms with Crippen LogP contribution in [-0.2, 0) is 0 Å². The number of carbonyl (C=O) groups is 1. The molecular formula is C15H22N2O3. The molecule has 0 saturated carbocycles.